The zero-order chi connectivity index (χ0) is 19.5. The molecule has 1 saturated heterocycles. The highest BCUT2D eigenvalue weighted by Crippen LogP contribution is 2.31. The topological polar surface area (TPSA) is 105 Å². The lowest BCUT2D eigenvalue weighted by atomic mass is 10.0. The third kappa shape index (κ3) is 3.68. The van der Waals surface area contributed by atoms with Crippen LogP contribution in [-0.2, 0) is 0 Å². The SMILES string of the molecule is Cc1ncc(-c2cnc(N3CCC(N)CC3)nc2-c2ccc(C#N)cc2)cn1. The van der Waals surface area contributed by atoms with Crippen molar-refractivity contribution in [2.24, 2.45) is 5.73 Å². The number of nitriles is 1. The van der Waals surface area contributed by atoms with Crippen LogP contribution in [0.4, 0.5) is 5.95 Å². The lowest BCUT2D eigenvalue weighted by Crippen LogP contribution is -2.40. The van der Waals surface area contributed by atoms with Crippen molar-refractivity contribution in [3.8, 4) is 28.5 Å². The molecule has 0 unspecified atom stereocenters. The quantitative estimate of drug-likeness (QED) is 0.754. The number of hydrogen-bond acceptors (Lipinski definition) is 7. The maximum atomic E-state index is 9.08. The van der Waals surface area contributed by atoms with Crippen molar-refractivity contribution in [2.75, 3.05) is 18.0 Å². The molecule has 0 amide bonds. The molecule has 0 atom stereocenters. The minimum absolute atomic E-state index is 0.248. The molecule has 1 aliphatic heterocycles. The fraction of sp³-hybridized carbons (Fsp3) is 0.286. The molecule has 2 N–H and O–H groups in total. The standard InChI is InChI=1S/C21H21N7/c1-14-24-11-17(12-25-14)19-13-26-21(28-8-6-18(23)7-9-28)27-20(19)16-4-2-15(10-22)3-5-16/h2-5,11-13,18H,6-9,23H2,1H3. The lowest BCUT2D eigenvalue weighted by molar-refractivity contribution is 0.495. The summed E-state index contributed by atoms with van der Waals surface area (Å²) in [6.07, 6.45) is 7.27. The van der Waals surface area contributed by atoms with Gasteiger partial charge in [-0.3, -0.25) is 0 Å². The van der Waals surface area contributed by atoms with Crippen molar-refractivity contribution in [1.82, 2.24) is 19.9 Å². The number of rotatable bonds is 3. The molecule has 140 valence electrons. The van der Waals surface area contributed by atoms with Crippen LogP contribution in [-0.4, -0.2) is 39.1 Å². The molecular weight excluding hydrogens is 350 g/mol. The Balaban J connectivity index is 1.79. The van der Waals surface area contributed by atoms with Crippen LogP contribution in [0.3, 0.4) is 0 Å². The number of nitrogens with two attached hydrogens (primary N) is 1. The van der Waals surface area contributed by atoms with E-state index in [0.717, 1.165) is 48.3 Å². The third-order valence-electron chi connectivity index (χ3n) is 4.98. The van der Waals surface area contributed by atoms with Crippen LogP contribution < -0.4 is 10.6 Å². The van der Waals surface area contributed by atoms with Crippen molar-refractivity contribution in [3.63, 3.8) is 0 Å². The first-order chi connectivity index (χ1) is 13.6. The monoisotopic (exact) mass is 371 g/mol. The normalized spacial score (nSPS) is 14.7. The van der Waals surface area contributed by atoms with Crippen LogP contribution >= 0.6 is 0 Å². The number of nitrogens with zero attached hydrogens (tertiary/aromatic N) is 6. The van der Waals surface area contributed by atoms with Crippen molar-refractivity contribution in [1.29, 1.82) is 5.26 Å². The van der Waals surface area contributed by atoms with Crippen LogP contribution in [0.1, 0.15) is 24.2 Å². The minimum Gasteiger partial charge on any atom is -0.341 e. The number of hydrogen-bond donors (Lipinski definition) is 1. The Morgan fingerprint density at radius 3 is 2.32 bits per heavy atom. The van der Waals surface area contributed by atoms with Gasteiger partial charge >= 0.3 is 0 Å². The van der Waals surface area contributed by atoms with Gasteiger partial charge in [-0.2, -0.15) is 5.26 Å². The zero-order valence-corrected chi connectivity index (χ0v) is 15.7. The first kappa shape index (κ1) is 18.0. The smallest absolute Gasteiger partial charge is 0.225 e. The van der Waals surface area contributed by atoms with Gasteiger partial charge in [0.1, 0.15) is 5.82 Å². The predicted octanol–water partition coefficient (Wildman–Crippen LogP) is 2.71. The van der Waals surface area contributed by atoms with Crippen molar-refractivity contribution < 1.29 is 0 Å². The molecule has 3 heterocycles. The maximum absolute atomic E-state index is 9.08. The second-order valence-electron chi connectivity index (χ2n) is 6.96. The van der Waals surface area contributed by atoms with Gasteiger partial charge in [0, 0.05) is 54.4 Å². The predicted molar refractivity (Wildman–Crippen MR) is 107 cm³/mol. The minimum atomic E-state index is 0.248. The van der Waals surface area contributed by atoms with Crippen LogP contribution in [0.15, 0.2) is 42.9 Å². The van der Waals surface area contributed by atoms with Gasteiger partial charge in [0.15, 0.2) is 0 Å². The number of aromatic nitrogens is 4. The number of piperidine rings is 1. The van der Waals surface area contributed by atoms with Gasteiger partial charge in [-0.25, -0.2) is 19.9 Å². The van der Waals surface area contributed by atoms with Gasteiger partial charge < -0.3 is 10.6 Å². The zero-order valence-electron chi connectivity index (χ0n) is 15.7. The van der Waals surface area contributed by atoms with Crippen molar-refractivity contribution in [3.05, 3.63) is 54.2 Å². The molecule has 3 aromatic rings. The van der Waals surface area contributed by atoms with Gasteiger partial charge in [0.2, 0.25) is 5.95 Å². The Morgan fingerprint density at radius 2 is 1.68 bits per heavy atom. The summed E-state index contributed by atoms with van der Waals surface area (Å²) < 4.78 is 0. The average Bonchev–Trinajstić information content (AvgIpc) is 2.75. The number of aryl methyl sites for hydroxylation is 1. The summed E-state index contributed by atoms with van der Waals surface area (Å²) in [6, 6.07) is 9.82. The molecule has 0 bridgehead atoms. The summed E-state index contributed by atoms with van der Waals surface area (Å²) >= 11 is 0. The molecular formula is C21H21N7. The van der Waals surface area contributed by atoms with Crippen molar-refractivity contribution >= 4 is 5.95 Å². The Hall–Kier alpha value is -3.37. The molecule has 28 heavy (non-hydrogen) atoms. The van der Waals surface area contributed by atoms with E-state index in [4.69, 9.17) is 16.0 Å². The average molecular weight is 371 g/mol. The number of anilines is 1. The summed E-state index contributed by atoms with van der Waals surface area (Å²) in [4.78, 5) is 20.3. The van der Waals surface area contributed by atoms with Crippen molar-refractivity contribution in [2.45, 2.75) is 25.8 Å². The summed E-state index contributed by atoms with van der Waals surface area (Å²) in [5.41, 5.74) is 10.1. The van der Waals surface area contributed by atoms with E-state index in [9.17, 15) is 0 Å². The molecule has 0 radical (unpaired) electrons. The van der Waals surface area contributed by atoms with Crippen LogP contribution in [0, 0.1) is 18.3 Å². The molecule has 7 heteroatoms. The van der Waals surface area contributed by atoms with Gasteiger partial charge in [-0.1, -0.05) is 12.1 Å². The largest absolute Gasteiger partial charge is 0.341 e. The van der Waals surface area contributed by atoms with E-state index in [1.807, 2.05) is 25.3 Å². The van der Waals surface area contributed by atoms with Crippen LogP contribution in [0.25, 0.3) is 22.4 Å². The summed E-state index contributed by atoms with van der Waals surface area (Å²) in [5.74, 6) is 1.41. The van der Waals surface area contributed by atoms with Crippen LogP contribution in [0.2, 0.25) is 0 Å². The molecule has 0 aliphatic carbocycles. The third-order valence-corrected chi connectivity index (χ3v) is 4.98. The summed E-state index contributed by atoms with van der Waals surface area (Å²) in [5, 5.41) is 9.08. The Kier molecular flexibility index (Phi) is 4.96. The number of benzene rings is 1. The van der Waals surface area contributed by atoms with Crippen LogP contribution in [0.5, 0.6) is 0 Å². The van der Waals surface area contributed by atoms with Gasteiger partial charge in [0.25, 0.3) is 0 Å². The highest BCUT2D eigenvalue weighted by atomic mass is 15.3. The van der Waals surface area contributed by atoms with Gasteiger partial charge in [-0.15, -0.1) is 0 Å². The van der Waals surface area contributed by atoms with Gasteiger partial charge in [-0.05, 0) is 31.9 Å². The van der Waals surface area contributed by atoms with E-state index >= 15 is 0 Å². The second kappa shape index (κ2) is 7.71. The van der Waals surface area contributed by atoms with Gasteiger partial charge in [0.05, 0.1) is 17.3 Å². The Bertz CT molecular complexity index is 998. The summed E-state index contributed by atoms with van der Waals surface area (Å²) in [7, 11) is 0. The fourth-order valence-corrected chi connectivity index (χ4v) is 3.29. The maximum Gasteiger partial charge on any atom is 0.225 e. The molecule has 4 rings (SSSR count). The second-order valence-corrected chi connectivity index (χ2v) is 6.96. The van der Waals surface area contributed by atoms with E-state index < -0.39 is 0 Å². The van der Waals surface area contributed by atoms with E-state index in [0.29, 0.717) is 17.3 Å². The fourth-order valence-electron chi connectivity index (χ4n) is 3.29. The Morgan fingerprint density at radius 1 is 1.00 bits per heavy atom. The first-order valence-electron chi connectivity index (χ1n) is 9.31. The van der Waals surface area contributed by atoms with E-state index in [2.05, 4.69) is 25.9 Å². The molecule has 0 saturated carbocycles. The highest BCUT2D eigenvalue weighted by Gasteiger charge is 2.20. The lowest BCUT2D eigenvalue weighted by Gasteiger charge is -2.30. The highest BCUT2D eigenvalue weighted by molar-refractivity contribution is 5.80. The molecule has 1 fully saturated rings. The molecule has 1 aliphatic rings. The molecule has 1 aromatic carbocycles. The molecule has 0 spiro atoms. The first-order valence-corrected chi connectivity index (χ1v) is 9.31. The van der Waals surface area contributed by atoms with E-state index in [-0.39, 0.29) is 6.04 Å². The van der Waals surface area contributed by atoms with E-state index in [1.165, 1.54) is 0 Å². The molecule has 2 aromatic heterocycles. The molecule has 7 nitrogen and oxygen atoms in total. The summed E-state index contributed by atoms with van der Waals surface area (Å²) in [6.45, 7) is 3.55. The Labute approximate surface area is 163 Å². The van der Waals surface area contributed by atoms with E-state index in [1.54, 1.807) is 24.5 Å².